The normalized spacial score (nSPS) is 11.5. The predicted molar refractivity (Wildman–Crippen MR) is 92.9 cm³/mol. The fraction of sp³-hybridized carbons (Fsp3) is 0.278. The Morgan fingerprint density at radius 3 is 2.58 bits per heavy atom. The first-order valence-electron chi connectivity index (χ1n) is 7.44. The van der Waals surface area contributed by atoms with Crippen molar-refractivity contribution in [1.82, 2.24) is 5.32 Å². The van der Waals surface area contributed by atoms with E-state index < -0.39 is 6.10 Å². The summed E-state index contributed by atoms with van der Waals surface area (Å²) in [6.45, 7) is 2.01. The van der Waals surface area contributed by atoms with Crippen molar-refractivity contribution in [3.05, 3.63) is 53.1 Å². The molecule has 5 nitrogen and oxygen atoms in total. The van der Waals surface area contributed by atoms with E-state index >= 15 is 0 Å². The van der Waals surface area contributed by atoms with E-state index in [9.17, 15) is 4.79 Å². The summed E-state index contributed by atoms with van der Waals surface area (Å²) in [7, 11) is 3.16. The van der Waals surface area contributed by atoms with E-state index in [1.807, 2.05) is 12.1 Å². The Kier molecular flexibility index (Phi) is 6.32. The summed E-state index contributed by atoms with van der Waals surface area (Å²) >= 11 is 5.90. The van der Waals surface area contributed by atoms with Gasteiger partial charge in [0.1, 0.15) is 17.2 Å². The zero-order valence-electron chi connectivity index (χ0n) is 13.8. The number of carbonyl (C=O) groups excluding carboxylic acids is 1. The maximum atomic E-state index is 12.2. The third-order valence-corrected chi connectivity index (χ3v) is 3.66. The Balaban J connectivity index is 1.95. The van der Waals surface area contributed by atoms with Crippen molar-refractivity contribution in [1.29, 1.82) is 0 Å². The van der Waals surface area contributed by atoms with Crippen molar-refractivity contribution in [3.8, 4) is 17.2 Å². The van der Waals surface area contributed by atoms with Gasteiger partial charge in [-0.25, -0.2) is 0 Å². The zero-order chi connectivity index (χ0) is 17.5. The third kappa shape index (κ3) is 4.80. The van der Waals surface area contributed by atoms with Crippen molar-refractivity contribution in [2.45, 2.75) is 19.6 Å². The van der Waals surface area contributed by atoms with Crippen LogP contribution in [-0.2, 0) is 11.3 Å². The molecule has 24 heavy (non-hydrogen) atoms. The highest BCUT2D eigenvalue weighted by Gasteiger charge is 2.15. The number of carbonyl (C=O) groups is 1. The summed E-state index contributed by atoms with van der Waals surface area (Å²) in [6, 6.07) is 12.4. The summed E-state index contributed by atoms with van der Waals surface area (Å²) in [5.41, 5.74) is 0.849. The molecule has 2 aromatic carbocycles. The summed E-state index contributed by atoms with van der Waals surface area (Å²) in [5, 5.41) is 3.39. The summed E-state index contributed by atoms with van der Waals surface area (Å²) < 4.78 is 16.1. The van der Waals surface area contributed by atoms with Crippen LogP contribution in [0, 0.1) is 0 Å². The third-order valence-electron chi connectivity index (χ3n) is 3.43. The van der Waals surface area contributed by atoms with Crippen LogP contribution in [0.3, 0.4) is 0 Å². The molecule has 1 amide bonds. The maximum absolute atomic E-state index is 12.2. The molecule has 0 fully saturated rings. The standard InChI is InChI=1S/C18H20ClNO4/c1-12(24-16-6-4-5-14(19)9-16)18(21)20-11-13-7-8-15(22-2)10-17(13)23-3/h4-10,12H,11H2,1-3H3,(H,20,21). The van der Waals surface area contributed by atoms with Crippen molar-refractivity contribution in [3.63, 3.8) is 0 Å². The molecule has 0 spiro atoms. The van der Waals surface area contributed by atoms with E-state index in [2.05, 4.69) is 5.32 Å². The van der Waals surface area contributed by atoms with Gasteiger partial charge in [-0.3, -0.25) is 4.79 Å². The van der Waals surface area contributed by atoms with E-state index in [1.54, 1.807) is 51.5 Å². The average Bonchev–Trinajstić information content (AvgIpc) is 2.59. The van der Waals surface area contributed by atoms with Gasteiger partial charge in [0.25, 0.3) is 5.91 Å². The lowest BCUT2D eigenvalue weighted by Gasteiger charge is -2.16. The number of methoxy groups -OCH3 is 2. The van der Waals surface area contributed by atoms with Crippen molar-refractivity contribution in [2.24, 2.45) is 0 Å². The monoisotopic (exact) mass is 349 g/mol. The molecule has 0 aliphatic rings. The zero-order valence-corrected chi connectivity index (χ0v) is 14.6. The predicted octanol–water partition coefficient (Wildman–Crippen LogP) is 3.44. The van der Waals surface area contributed by atoms with Crippen LogP contribution in [0.1, 0.15) is 12.5 Å². The first kappa shape index (κ1) is 17.9. The molecular weight excluding hydrogens is 330 g/mol. The summed E-state index contributed by atoms with van der Waals surface area (Å²) in [6.07, 6.45) is -0.646. The molecule has 0 saturated heterocycles. The molecule has 2 aromatic rings. The van der Waals surface area contributed by atoms with E-state index in [1.165, 1.54) is 0 Å². The molecule has 2 rings (SSSR count). The number of benzene rings is 2. The van der Waals surface area contributed by atoms with Crippen LogP contribution in [0.5, 0.6) is 17.2 Å². The van der Waals surface area contributed by atoms with Gasteiger partial charge in [0.05, 0.1) is 14.2 Å². The Morgan fingerprint density at radius 2 is 1.92 bits per heavy atom. The summed E-state index contributed by atoms with van der Waals surface area (Å²) in [5.74, 6) is 1.66. The number of rotatable bonds is 7. The lowest BCUT2D eigenvalue weighted by atomic mass is 10.2. The van der Waals surface area contributed by atoms with Crippen molar-refractivity contribution in [2.75, 3.05) is 14.2 Å². The molecule has 0 aliphatic carbocycles. The van der Waals surface area contributed by atoms with Crippen LogP contribution in [-0.4, -0.2) is 26.2 Å². The Hall–Kier alpha value is -2.40. The Bertz CT molecular complexity index is 705. The van der Waals surface area contributed by atoms with E-state index in [0.717, 1.165) is 5.56 Å². The van der Waals surface area contributed by atoms with Gasteiger partial charge < -0.3 is 19.5 Å². The highest BCUT2D eigenvalue weighted by molar-refractivity contribution is 6.30. The number of hydrogen-bond acceptors (Lipinski definition) is 4. The second-order valence-corrected chi connectivity index (χ2v) is 5.55. The van der Waals surface area contributed by atoms with Crippen LogP contribution in [0.4, 0.5) is 0 Å². The van der Waals surface area contributed by atoms with E-state index in [0.29, 0.717) is 28.8 Å². The second-order valence-electron chi connectivity index (χ2n) is 5.11. The fourth-order valence-electron chi connectivity index (χ4n) is 2.12. The molecular formula is C18H20ClNO4. The lowest BCUT2D eigenvalue weighted by molar-refractivity contribution is -0.127. The molecule has 0 radical (unpaired) electrons. The van der Waals surface area contributed by atoms with Gasteiger partial charge in [-0.15, -0.1) is 0 Å². The minimum atomic E-state index is -0.646. The van der Waals surface area contributed by atoms with Crippen LogP contribution in [0.2, 0.25) is 5.02 Å². The van der Waals surface area contributed by atoms with Gasteiger partial charge in [-0.05, 0) is 37.3 Å². The lowest BCUT2D eigenvalue weighted by Crippen LogP contribution is -2.35. The second kappa shape index (κ2) is 8.45. The number of halogens is 1. The number of hydrogen-bond donors (Lipinski definition) is 1. The molecule has 6 heteroatoms. The molecule has 128 valence electrons. The van der Waals surface area contributed by atoms with Crippen molar-refractivity contribution >= 4 is 17.5 Å². The van der Waals surface area contributed by atoms with Gasteiger partial charge >= 0.3 is 0 Å². The molecule has 0 aromatic heterocycles. The molecule has 0 heterocycles. The number of amides is 1. The number of nitrogens with one attached hydrogen (secondary N) is 1. The van der Waals surface area contributed by atoms with Gasteiger partial charge in [0.2, 0.25) is 0 Å². The maximum Gasteiger partial charge on any atom is 0.261 e. The first-order chi connectivity index (χ1) is 11.5. The van der Waals surface area contributed by atoms with Crippen molar-refractivity contribution < 1.29 is 19.0 Å². The number of ether oxygens (including phenoxy) is 3. The van der Waals surface area contributed by atoms with Gasteiger partial charge in [0.15, 0.2) is 6.10 Å². The molecule has 0 aliphatic heterocycles. The Morgan fingerprint density at radius 1 is 1.12 bits per heavy atom. The topological polar surface area (TPSA) is 56.8 Å². The van der Waals surface area contributed by atoms with E-state index in [-0.39, 0.29) is 5.91 Å². The SMILES string of the molecule is COc1ccc(CNC(=O)C(C)Oc2cccc(Cl)c2)c(OC)c1. The van der Waals surface area contributed by atoms with Crippen LogP contribution < -0.4 is 19.5 Å². The average molecular weight is 350 g/mol. The van der Waals surface area contributed by atoms with Crippen LogP contribution >= 0.6 is 11.6 Å². The highest BCUT2D eigenvalue weighted by atomic mass is 35.5. The first-order valence-corrected chi connectivity index (χ1v) is 7.82. The smallest absolute Gasteiger partial charge is 0.261 e. The van der Waals surface area contributed by atoms with Crippen LogP contribution in [0.15, 0.2) is 42.5 Å². The molecule has 0 saturated carbocycles. The van der Waals surface area contributed by atoms with Gasteiger partial charge in [0, 0.05) is 23.2 Å². The molecule has 1 unspecified atom stereocenters. The van der Waals surface area contributed by atoms with E-state index in [4.69, 9.17) is 25.8 Å². The summed E-state index contributed by atoms with van der Waals surface area (Å²) in [4.78, 5) is 12.2. The minimum Gasteiger partial charge on any atom is -0.497 e. The quantitative estimate of drug-likeness (QED) is 0.832. The molecule has 1 atom stereocenters. The van der Waals surface area contributed by atoms with Gasteiger partial charge in [-0.2, -0.15) is 0 Å². The van der Waals surface area contributed by atoms with Crippen LogP contribution in [0.25, 0.3) is 0 Å². The molecule has 1 N–H and O–H groups in total. The fourth-order valence-corrected chi connectivity index (χ4v) is 2.30. The van der Waals surface area contributed by atoms with Gasteiger partial charge in [-0.1, -0.05) is 17.7 Å². The Labute approximate surface area is 146 Å². The largest absolute Gasteiger partial charge is 0.497 e. The highest BCUT2D eigenvalue weighted by Crippen LogP contribution is 2.24. The minimum absolute atomic E-state index is 0.229. The molecule has 0 bridgehead atoms.